The van der Waals surface area contributed by atoms with Gasteiger partial charge in [-0.05, 0) is 32.2 Å². The Hall–Kier alpha value is -2.50. The smallest absolute Gasteiger partial charge is 0.264 e. The van der Waals surface area contributed by atoms with Crippen molar-refractivity contribution in [3.8, 4) is 0 Å². The number of hydrogen-bond acceptors (Lipinski definition) is 5. The molecule has 3 rings (SSSR count). The molecule has 0 amide bonds. The third kappa shape index (κ3) is 1.94. The topological polar surface area (TPSA) is 95.0 Å². The molecule has 1 heterocycles. The van der Waals surface area contributed by atoms with Crippen LogP contribution in [0.1, 0.15) is 45.6 Å². The summed E-state index contributed by atoms with van der Waals surface area (Å²) in [5.74, 6) is -3.78. The molecule has 1 aliphatic rings. The highest BCUT2D eigenvalue weighted by Gasteiger charge is 2.41. The van der Waals surface area contributed by atoms with E-state index in [4.69, 9.17) is 19.4 Å². The number of aromatic nitrogens is 2. The predicted octanol–water partition coefficient (Wildman–Crippen LogP) is 1.32. The van der Waals surface area contributed by atoms with Gasteiger partial charge >= 0.3 is 0 Å². The Kier molecular flexibility index (Phi) is 1.46. The first-order valence-corrected chi connectivity index (χ1v) is 6.23. The Bertz CT molecular complexity index is 1270. The molecule has 1 aromatic carbocycles. The Morgan fingerprint density at radius 2 is 2.23 bits per heavy atom. The zero-order valence-electron chi connectivity index (χ0n) is 21.4. The normalized spacial score (nSPS) is 34.0. The van der Waals surface area contributed by atoms with E-state index in [0.717, 1.165) is 6.92 Å². The molecule has 6 nitrogen and oxygen atoms in total. The summed E-state index contributed by atoms with van der Waals surface area (Å²) in [6.07, 6.45) is -7.78. The molecule has 0 spiro atoms. The van der Waals surface area contributed by atoms with Crippen molar-refractivity contribution in [1.29, 1.82) is 0 Å². The molecule has 1 atom stereocenters. The maximum absolute atomic E-state index is 13.5. The monoisotopic (exact) mass is 309 g/mol. The summed E-state index contributed by atoms with van der Waals surface area (Å²) < 4.78 is 79.6. The highest BCUT2D eigenvalue weighted by atomic mass is 16.2. The van der Waals surface area contributed by atoms with Gasteiger partial charge in [0.25, 0.3) is 5.56 Å². The van der Waals surface area contributed by atoms with Crippen LogP contribution in [-0.2, 0) is 15.1 Å². The van der Waals surface area contributed by atoms with Gasteiger partial charge in [0.15, 0.2) is 5.78 Å². The van der Waals surface area contributed by atoms with E-state index in [1.807, 2.05) is 0 Å². The molecule has 1 aromatic heterocycles. The van der Waals surface area contributed by atoms with E-state index in [-0.39, 0.29) is 4.57 Å². The van der Waals surface area contributed by atoms with Gasteiger partial charge in [-0.2, -0.15) is 0 Å². The maximum atomic E-state index is 13.5. The molecule has 0 bridgehead atoms. The fraction of sp³-hybridized carbons (Fsp3) is 0.375. The van der Waals surface area contributed by atoms with Crippen molar-refractivity contribution < 1.29 is 23.3 Å². The van der Waals surface area contributed by atoms with Gasteiger partial charge in [0, 0.05) is 21.7 Å². The summed E-state index contributed by atoms with van der Waals surface area (Å²) in [5, 5.41) is -0.689. The van der Waals surface area contributed by atoms with Crippen LogP contribution in [0.3, 0.4) is 0 Å². The van der Waals surface area contributed by atoms with Crippen molar-refractivity contribution in [3.05, 3.63) is 34.3 Å². The number of carbonyl (C=O) groups excluding carboxylic acids is 2. The van der Waals surface area contributed by atoms with E-state index < -0.39 is 89.2 Å². The quantitative estimate of drug-likeness (QED) is 0.633. The maximum Gasteiger partial charge on any atom is 0.264 e. The van der Waals surface area contributed by atoms with Crippen LogP contribution in [0.25, 0.3) is 10.9 Å². The lowest BCUT2D eigenvalue weighted by molar-refractivity contribution is -0.136. The molecular weight excluding hydrogens is 282 g/mol. The summed E-state index contributed by atoms with van der Waals surface area (Å²) in [4.78, 5) is 42.3. The number of Topliss-reactive ketones (excluding diaryl/α,β-unsaturated/α-hetero) is 2. The third-order valence-electron chi connectivity index (χ3n) is 3.49. The van der Waals surface area contributed by atoms with Gasteiger partial charge < -0.3 is 5.73 Å². The lowest BCUT2D eigenvalue weighted by atomic mass is 9.81. The SMILES string of the molecule is [2H]c1c([2H])c(N)c2c(=O)n([C@]3(C)C(=O)CC(=O)C([2H])([2H])C3([2H])[2H])c(C([2H])([2H])[2H])nc2c1[2H]. The number of ketones is 2. The van der Waals surface area contributed by atoms with Crippen LogP contribution in [0.2, 0.25) is 0 Å². The Morgan fingerprint density at radius 1 is 1.45 bits per heavy atom. The number of benzene rings is 1. The van der Waals surface area contributed by atoms with Crippen LogP contribution in [0.5, 0.6) is 0 Å². The molecule has 6 heteroatoms. The van der Waals surface area contributed by atoms with Gasteiger partial charge in [-0.3, -0.25) is 19.0 Å². The fourth-order valence-electron chi connectivity index (χ4n) is 2.29. The van der Waals surface area contributed by atoms with Gasteiger partial charge in [0.05, 0.1) is 21.4 Å². The van der Waals surface area contributed by atoms with Crippen molar-refractivity contribution in [1.82, 2.24) is 9.55 Å². The number of anilines is 1. The average Bonchev–Trinajstić information content (AvgIpc) is 2.67. The molecule has 1 aliphatic carbocycles. The van der Waals surface area contributed by atoms with E-state index in [9.17, 15) is 14.4 Å². The van der Waals surface area contributed by atoms with Crippen LogP contribution >= 0.6 is 0 Å². The van der Waals surface area contributed by atoms with Gasteiger partial charge in [-0.15, -0.1) is 0 Å². The van der Waals surface area contributed by atoms with E-state index >= 15 is 0 Å². The van der Waals surface area contributed by atoms with Gasteiger partial charge in [0.1, 0.15) is 17.1 Å². The fourth-order valence-corrected chi connectivity index (χ4v) is 2.29. The van der Waals surface area contributed by atoms with E-state index in [1.165, 1.54) is 0 Å². The molecule has 0 unspecified atom stereocenters. The van der Waals surface area contributed by atoms with Gasteiger partial charge in [-0.25, -0.2) is 4.98 Å². The molecule has 1 saturated carbocycles. The second-order valence-corrected chi connectivity index (χ2v) is 4.93. The summed E-state index contributed by atoms with van der Waals surface area (Å²) in [6, 6.07) is -2.24. The number of carbonyl (C=O) groups is 2. The first kappa shape index (κ1) is 6.73. The summed E-state index contributed by atoms with van der Waals surface area (Å²) in [7, 11) is 0. The van der Waals surface area contributed by atoms with Crippen LogP contribution in [0.15, 0.2) is 22.9 Å². The minimum atomic E-state index is -3.40. The minimum Gasteiger partial charge on any atom is -0.398 e. The van der Waals surface area contributed by atoms with Crippen molar-refractivity contribution >= 4 is 28.2 Å². The molecule has 0 radical (unpaired) electrons. The Labute approximate surface area is 141 Å². The van der Waals surface area contributed by atoms with E-state index in [2.05, 4.69) is 4.98 Å². The van der Waals surface area contributed by atoms with Crippen molar-refractivity contribution in [2.45, 2.75) is 38.5 Å². The number of rotatable bonds is 1. The Balaban J connectivity index is 2.64. The number of nitrogens with two attached hydrogens (primary N) is 1. The summed E-state index contributed by atoms with van der Waals surface area (Å²) in [5.41, 5.74) is 0.240. The molecule has 22 heavy (non-hydrogen) atoms. The lowest BCUT2D eigenvalue weighted by Crippen LogP contribution is -2.49. The van der Waals surface area contributed by atoms with Crippen molar-refractivity contribution in [2.75, 3.05) is 5.73 Å². The third-order valence-corrected chi connectivity index (χ3v) is 3.49. The van der Waals surface area contributed by atoms with E-state index in [0.29, 0.717) is 0 Å². The first-order chi connectivity index (χ1) is 14.3. The van der Waals surface area contributed by atoms with Gasteiger partial charge in [-0.1, -0.05) is 6.04 Å². The van der Waals surface area contributed by atoms with Crippen molar-refractivity contribution in [2.24, 2.45) is 0 Å². The second-order valence-electron chi connectivity index (χ2n) is 4.93. The molecule has 2 aromatic rings. The largest absolute Gasteiger partial charge is 0.398 e. The molecule has 0 saturated heterocycles. The van der Waals surface area contributed by atoms with E-state index in [1.54, 1.807) is 0 Å². The van der Waals surface area contributed by atoms with Crippen LogP contribution < -0.4 is 11.3 Å². The minimum absolute atomic E-state index is 0.161. The molecule has 2 N–H and O–H groups in total. The number of nitrogens with zero attached hydrogens (tertiary/aromatic N) is 2. The predicted molar refractivity (Wildman–Crippen MR) is 82.7 cm³/mol. The van der Waals surface area contributed by atoms with Crippen molar-refractivity contribution in [3.63, 3.8) is 0 Å². The summed E-state index contributed by atoms with van der Waals surface area (Å²) >= 11 is 0. The highest BCUT2D eigenvalue weighted by molar-refractivity contribution is 6.05. The number of hydrogen-bond donors (Lipinski definition) is 1. The second kappa shape index (κ2) is 4.76. The van der Waals surface area contributed by atoms with Crippen LogP contribution in [0.4, 0.5) is 5.69 Å². The Morgan fingerprint density at radius 3 is 2.95 bits per heavy atom. The number of nitrogen functional groups attached to an aromatic ring is 1. The molecule has 0 aliphatic heterocycles. The summed E-state index contributed by atoms with van der Waals surface area (Å²) in [6.45, 7) is -2.47. The van der Waals surface area contributed by atoms with Crippen LogP contribution in [-0.4, -0.2) is 21.1 Å². The first-order valence-electron chi connectivity index (χ1n) is 11.2. The highest BCUT2D eigenvalue weighted by Crippen LogP contribution is 2.30. The van der Waals surface area contributed by atoms with Gasteiger partial charge in [0.2, 0.25) is 0 Å². The lowest BCUT2D eigenvalue weighted by Gasteiger charge is -2.34. The standard InChI is InChI=1S/C16H17N3O3/c1-9-18-12-5-3-4-11(17)14(12)15(22)19(9)16(2)7-6-10(20)8-13(16)21/h3-5H,6-8,17H2,1-2H3/t16-/m0/s1/i1D3,3D,4D,5D,6D2,7D2. The van der Waals surface area contributed by atoms with Crippen LogP contribution in [0, 0.1) is 6.85 Å². The molecule has 1 fully saturated rings. The zero-order chi connectivity index (χ0) is 24.8. The zero-order valence-corrected chi connectivity index (χ0v) is 11.4. The average molecular weight is 309 g/mol. The molecular formula is C16H17N3O3. The number of fused-ring (bicyclic) bond motifs is 1. The number of aryl methyl sites for hydroxylation is 1. The molecule has 114 valence electrons.